The van der Waals surface area contributed by atoms with Crippen molar-refractivity contribution in [3.05, 3.63) is 28.5 Å². The van der Waals surface area contributed by atoms with Gasteiger partial charge in [0.1, 0.15) is 0 Å². The molecule has 2 N–H and O–H groups in total. The topological polar surface area (TPSA) is 49.8 Å². The Balaban J connectivity index is 1.78. The SMILES string of the molecule is Cc1cccc2[nH]c(=S)n(CCNC(=O)C3CC3)c12. The second-order valence-electron chi connectivity index (χ2n) is 5.12. The maximum Gasteiger partial charge on any atom is 0.223 e. The van der Waals surface area contributed by atoms with Crippen molar-refractivity contribution in [1.82, 2.24) is 14.9 Å². The van der Waals surface area contributed by atoms with Crippen molar-refractivity contribution < 1.29 is 4.79 Å². The number of carbonyl (C=O) groups excluding carboxylic acids is 1. The standard InChI is InChI=1S/C14H17N3OS/c1-9-3-2-4-11-12(9)17(14(19)16-11)8-7-15-13(18)10-5-6-10/h2-4,10H,5-8H2,1H3,(H,15,18)(H,16,19). The molecule has 4 nitrogen and oxygen atoms in total. The molecule has 1 aliphatic carbocycles. The van der Waals surface area contributed by atoms with Crippen molar-refractivity contribution in [3.63, 3.8) is 0 Å². The number of hydrogen-bond acceptors (Lipinski definition) is 2. The van der Waals surface area contributed by atoms with Crippen LogP contribution in [0.25, 0.3) is 11.0 Å². The van der Waals surface area contributed by atoms with E-state index >= 15 is 0 Å². The first kappa shape index (κ1) is 12.4. The fourth-order valence-corrected chi connectivity index (χ4v) is 2.69. The molecule has 0 spiro atoms. The zero-order valence-electron chi connectivity index (χ0n) is 10.9. The highest BCUT2D eigenvalue weighted by Crippen LogP contribution is 2.28. The predicted molar refractivity (Wildman–Crippen MR) is 77.6 cm³/mol. The Morgan fingerprint density at radius 2 is 2.32 bits per heavy atom. The smallest absolute Gasteiger partial charge is 0.223 e. The Hall–Kier alpha value is -1.62. The summed E-state index contributed by atoms with van der Waals surface area (Å²) in [4.78, 5) is 14.8. The average molecular weight is 275 g/mol. The van der Waals surface area contributed by atoms with Crippen LogP contribution in [0.5, 0.6) is 0 Å². The fourth-order valence-electron chi connectivity index (χ4n) is 2.40. The van der Waals surface area contributed by atoms with Crippen LogP contribution in [-0.2, 0) is 11.3 Å². The monoisotopic (exact) mass is 275 g/mol. The molecule has 1 heterocycles. The molecule has 1 aromatic heterocycles. The number of aromatic nitrogens is 2. The van der Waals surface area contributed by atoms with Gasteiger partial charge in [0.15, 0.2) is 4.77 Å². The number of hydrogen-bond donors (Lipinski definition) is 2. The van der Waals surface area contributed by atoms with Gasteiger partial charge in [-0.2, -0.15) is 0 Å². The Kier molecular flexibility index (Phi) is 3.14. The number of nitrogens with one attached hydrogen (secondary N) is 2. The Bertz CT molecular complexity index is 682. The van der Waals surface area contributed by atoms with E-state index in [9.17, 15) is 4.79 Å². The van der Waals surface area contributed by atoms with Crippen LogP contribution in [0, 0.1) is 17.6 Å². The van der Waals surface area contributed by atoms with E-state index in [1.165, 1.54) is 5.56 Å². The number of rotatable bonds is 4. The zero-order chi connectivity index (χ0) is 13.4. The number of imidazole rings is 1. The van der Waals surface area contributed by atoms with Gasteiger partial charge in [0, 0.05) is 19.0 Å². The summed E-state index contributed by atoms with van der Waals surface area (Å²) < 4.78 is 2.78. The second-order valence-corrected chi connectivity index (χ2v) is 5.50. The molecule has 0 aliphatic heterocycles. The maximum absolute atomic E-state index is 11.6. The quantitative estimate of drug-likeness (QED) is 0.842. The lowest BCUT2D eigenvalue weighted by Crippen LogP contribution is -2.28. The third-order valence-corrected chi connectivity index (χ3v) is 3.90. The highest BCUT2D eigenvalue weighted by molar-refractivity contribution is 7.71. The van der Waals surface area contributed by atoms with Crippen molar-refractivity contribution in [1.29, 1.82) is 0 Å². The van der Waals surface area contributed by atoms with Gasteiger partial charge in [0.2, 0.25) is 5.91 Å². The number of fused-ring (bicyclic) bond motifs is 1. The highest BCUT2D eigenvalue weighted by atomic mass is 32.1. The average Bonchev–Trinajstić information content (AvgIpc) is 3.16. The van der Waals surface area contributed by atoms with Crippen LogP contribution < -0.4 is 5.32 Å². The van der Waals surface area contributed by atoms with Crippen LogP contribution in [0.15, 0.2) is 18.2 Å². The number of para-hydroxylation sites is 1. The summed E-state index contributed by atoms with van der Waals surface area (Å²) in [6.45, 7) is 3.41. The number of aryl methyl sites for hydroxylation is 1. The fraction of sp³-hybridized carbons (Fsp3) is 0.429. The molecule has 1 aromatic carbocycles. The molecule has 1 fully saturated rings. The largest absolute Gasteiger partial charge is 0.354 e. The highest BCUT2D eigenvalue weighted by Gasteiger charge is 2.29. The molecule has 0 bridgehead atoms. The molecule has 3 rings (SSSR count). The summed E-state index contributed by atoms with van der Waals surface area (Å²) in [5.74, 6) is 0.445. The Morgan fingerprint density at radius 3 is 3.05 bits per heavy atom. The van der Waals surface area contributed by atoms with Crippen LogP contribution >= 0.6 is 12.2 Å². The van der Waals surface area contributed by atoms with E-state index in [2.05, 4.69) is 27.9 Å². The van der Waals surface area contributed by atoms with Crippen molar-refractivity contribution in [2.24, 2.45) is 5.92 Å². The summed E-state index contributed by atoms with van der Waals surface area (Å²) in [6, 6.07) is 6.11. The van der Waals surface area contributed by atoms with Crippen LogP contribution in [0.2, 0.25) is 0 Å². The zero-order valence-corrected chi connectivity index (χ0v) is 11.7. The molecule has 100 valence electrons. The lowest BCUT2D eigenvalue weighted by Gasteiger charge is -2.07. The summed E-state index contributed by atoms with van der Waals surface area (Å²) in [7, 11) is 0. The van der Waals surface area contributed by atoms with Gasteiger partial charge in [-0.3, -0.25) is 4.79 Å². The van der Waals surface area contributed by atoms with Crippen LogP contribution in [0.4, 0.5) is 0 Å². The Morgan fingerprint density at radius 1 is 1.53 bits per heavy atom. The normalized spacial score (nSPS) is 14.8. The maximum atomic E-state index is 11.6. The molecule has 1 aliphatic rings. The molecule has 0 radical (unpaired) electrons. The first-order valence-electron chi connectivity index (χ1n) is 6.62. The molecule has 0 atom stereocenters. The van der Waals surface area contributed by atoms with Gasteiger partial charge >= 0.3 is 0 Å². The number of amides is 1. The number of benzene rings is 1. The number of nitrogens with zero attached hydrogens (tertiary/aromatic N) is 1. The lowest BCUT2D eigenvalue weighted by atomic mass is 10.2. The molecule has 1 saturated carbocycles. The Labute approximate surface area is 116 Å². The molecule has 5 heteroatoms. The van der Waals surface area contributed by atoms with Crippen molar-refractivity contribution in [2.75, 3.05) is 6.54 Å². The van der Waals surface area contributed by atoms with Gasteiger partial charge in [0.05, 0.1) is 11.0 Å². The van der Waals surface area contributed by atoms with E-state index in [1.54, 1.807) is 0 Å². The van der Waals surface area contributed by atoms with Crippen molar-refractivity contribution in [3.8, 4) is 0 Å². The summed E-state index contributed by atoms with van der Waals surface area (Å²) in [5.41, 5.74) is 3.38. The molecule has 19 heavy (non-hydrogen) atoms. The minimum atomic E-state index is 0.183. The molecular weight excluding hydrogens is 258 g/mol. The van der Waals surface area contributed by atoms with Gasteiger partial charge in [-0.25, -0.2) is 0 Å². The summed E-state index contributed by atoms with van der Waals surface area (Å²) in [6.07, 6.45) is 2.08. The molecule has 1 amide bonds. The first-order valence-corrected chi connectivity index (χ1v) is 7.03. The van der Waals surface area contributed by atoms with Gasteiger partial charge in [-0.05, 0) is 43.6 Å². The van der Waals surface area contributed by atoms with Crippen LogP contribution in [0.3, 0.4) is 0 Å². The van der Waals surface area contributed by atoms with E-state index in [1.807, 2.05) is 12.1 Å². The predicted octanol–water partition coefficient (Wildman–Crippen LogP) is 2.53. The van der Waals surface area contributed by atoms with Gasteiger partial charge < -0.3 is 14.9 Å². The van der Waals surface area contributed by atoms with Gasteiger partial charge in [-0.15, -0.1) is 0 Å². The van der Waals surface area contributed by atoms with E-state index in [0.29, 0.717) is 17.9 Å². The lowest BCUT2D eigenvalue weighted by molar-refractivity contribution is -0.122. The molecule has 0 unspecified atom stereocenters. The van der Waals surface area contributed by atoms with Crippen LogP contribution in [-0.4, -0.2) is 22.0 Å². The van der Waals surface area contributed by atoms with Gasteiger partial charge in [0.25, 0.3) is 0 Å². The summed E-state index contributed by atoms with van der Waals surface area (Å²) >= 11 is 5.35. The van der Waals surface area contributed by atoms with Gasteiger partial charge in [-0.1, -0.05) is 12.1 Å². The first-order chi connectivity index (χ1) is 9.16. The minimum absolute atomic E-state index is 0.183. The van der Waals surface area contributed by atoms with Crippen molar-refractivity contribution >= 4 is 29.2 Å². The second kappa shape index (κ2) is 4.81. The third kappa shape index (κ3) is 2.42. The molecule has 2 aromatic rings. The number of H-pyrrole nitrogens is 1. The number of carbonyl (C=O) groups is 1. The van der Waals surface area contributed by atoms with E-state index < -0.39 is 0 Å². The van der Waals surface area contributed by atoms with Crippen molar-refractivity contribution in [2.45, 2.75) is 26.3 Å². The van der Waals surface area contributed by atoms with E-state index in [-0.39, 0.29) is 11.8 Å². The number of aromatic amines is 1. The minimum Gasteiger partial charge on any atom is -0.354 e. The van der Waals surface area contributed by atoms with E-state index in [0.717, 1.165) is 23.9 Å². The van der Waals surface area contributed by atoms with Crippen LogP contribution in [0.1, 0.15) is 18.4 Å². The third-order valence-electron chi connectivity index (χ3n) is 3.58. The summed E-state index contributed by atoms with van der Waals surface area (Å²) in [5, 5.41) is 2.97. The molecule has 0 saturated heterocycles. The molecular formula is C14H17N3OS. The van der Waals surface area contributed by atoms with E-state index in [4.69, 9.17) is 12.2 Å².